The monoisotopic (exact) mass is 142 g/mol. The smallest absolute Gasteiger partial charge is 0.0149 e. The first-order valence-electron chi connectivity index (χ1n) is 0.500. The fraction of sp³-hybridized carbons (Fsp3) is 0. The van der Waals surface area contributed by atoms with Crippen LogP contribution in [-0.4, -0.2) is 28.0 Å². The largest absolute Gasteiger partial charge is 0.0149 e. The molecule has 0 atom stereocenters. The Morgan fingerprint density at radius 1 is 1.00 bits per heavy atom. The van der Waals surface area contributed by atoms with Crippen molar-refractivity contribution < 1.29 is 0 Å². The van der Waals surface area contributed by atoms with Crippen molar-refractivity contribution in [1.82, 2.24) is 0 Å². The zero-order valence-electron chi connectivity index (χ0n) is 1.91. The van der Waals surface area contributed by atoms with Crippen LogP contribution in [-0.2, 0) is 0 Å². The summed E-state index contributed by atoms with van der Waals surface area (Å²) < 4.78 is 0. The summed E-state index contributed by atoms with van der Waals surface area (Å²) in [7, 11) is 0. The molecule has 0 bridgehead atoms. The minimum Gasteiger partial charge on any atom is -0.0149 e. The van der Waals surface area contributed by atoms with Crippen molar-refractivity contribution in [2.75, 3.05) is 0 Å². The van der Waals surface area contributed by atoms with Gasteiger partial charge in [-0.1, -0.05) is 0 Å². The van der Waals surface area contributed by atoms with Crippen molar-refractivity contribution >= 4 is 28.0 Å². The van der Waals surface area contributed by atoms with E-state index in [1.165, 1.54) is 0 Å². The third kappa shape index (κ3) is 23.8. The Labute approximate surface area is 41.8 Å². The minimum absolute atomic E-state index is 0. The second-order valence-corrected chi connectivity index (χ2v) is 0. The minimum atomic E-state index is 0. The van der Waals surface area contributed by atoms with E-state index in [1.807, 2.05) is 0 Å². The van der Waals surface area contributed by atoms with Crippen LogP contribution in [0.5, 0.6) is 0 Å². The molecule has 28 valence electrons. The van der Waals surface area contributed by atoms with Crippen LogP contribution in [0.4, 0.5) is 0 Å². The van der Waals surface area contributed by atoms with E-state index in [0.717, 1.165) is 0 Å². The third-order valence-electron chi connectivity index (χ3n) is 0. The van der Waals surface area contributed by atoms with E-state index >= 15 is 0 Å². The molecule has 0 aromatic carbocycles. The van der Waals surface area contributed by atoms with Gasteiger partial charge in [-0.2, -0.15) is 0 Å². The predicted molar refractivity (Wildman–Crippen MR) is 31.1 cm³/mol. The van der Waals surface area contributed by atoms with Gasteiger partial charge in [0.25, 0.3) is 0 Å². The van der Waals surface area contributed by atoms with Gasteiger partial charge in [0, 0.05) is 0 Å². The van der Waals surface area contributed by atoms with E-state index in [1.54, 1.807) is 0 Å². The Balaban J connectivity index is -0.00000000500. The first kappa shape index (κ1) is 24.8. The van der Waals surface area contributed by atoms with Crippen molar-refractivity contribution in [2.24, 2.45) is 0 Å². The maximum absolute atomic E-state index is 3.00. The van der Waals surface area contributed by atoms with Gasteiger partial charge in [0.15, 0.2) is 0 Å². The molecular weight excluding hydrogens is 131 g/mol. The molecule has 0 radical (unpaired) electrons. The summed E-state index contributed by atoms with van der Waals surface area (Å²) in [5, 5.41) is 0. The zero-order valence-corrected chi connectivity index (χ0v) is 4.01. The Morgan fingerprint density at radius 2 is 1.00 bits per heavy atom. The Morgan fingerprint density at radius 3 is 1.00 bits per heavy atom. The molecule has 2 heteroatoms. The van der Waals surface area contributed by atoms with Crippen LogP contribution in [0.1, 0.15) is 0 Å². The summed E-state index contributed by atoms with van der Waals surface area (Å²) in [6.07, 6.45) is 0. The molecule has 0 aliphatic heterocycles. The van der Waals surface area contributed by atoms with Crippen LogP contribution < -0.4 is 0 Å². The first-order chi connectivity index (χ1) is 1.00. The second kappa shape index (κ2) is 93.9. The quantitative estimate of drug-likeness (QED) is 0.282. The van der Waals surface area contributed by atoms with Crippen molar-refractivity contribution in [2.45, 2.75) is 0 Å². The summed E-state index contributed by atoms with van der Waals surface area (Å²) in [6, 6.07) is 0. The van der Waals surface area contributed by atoms with Gasteiger partial charge in [-0.25, -0.2) is 0 Å². The average molecular weight is 141 g/mol. The van der Waals surface area contributed by atoms with Gasteiger partial charge < -0.3 is 0 Å². The third-order valence-corrected chi connectivity index (χ3v) is 0. The van der Waals surface area contributed by atoms with Gasteiger partial charge in [-0.3, -0.25) is 0 Å². The standard InChI is InChI=1S/C2H4.H2Se.H4Si/c1-2;;/h1-2H2;1H2;1H4. The summed E-state index contributed by atoms with van der Waals surface area (Å²) >= 11 is 0. The van der Waals surface area contributed by atoms with Crippen LogP contribution in [0, 0.1) is 0 Å². The topological polar surface area (TPSA) is 0 Å². The van der Waals surface area contributed by atoms with Gasteiger partial charge in [0.05, 0.1) is 0 Å². The van der Waals surface area contributed by atoms with Gasteiger partial charge >= 0.3 is 17.1 Å². The maximum atomic E-state index is 3.00. The summed E-state index contributed by atoms with van der Waals surface area (Å²) in [5.74, 6) is 0. The van der Waals surface area contributed by atoms with Crippen LogP contribution >= 0.6 is 0 Å². The Hall–Kier alpha value is 0.476. The number of rotatable bonds is 0. The van der Waals surface area contributed by atoms with E-state index in [2.05, 4.69) is 13.2 Å². The summed E-state index contributed by atoms with van der Waals surface area (Å²) in [4.78, 5) is 0. The molecule has 0 aromatic heterocycles. The molecule has 0 spiro atoms. The van der Waals surface area contributed by atoms with E-state index in [4.69, 9.17) is 0 Å². The molecule has 0 saturated carbocycles. The first-order valence-corrected chi connectivity index (χ1v) is 0.500. The van der Waals surface area contributed by atoms with Crippen molar-refractivity contribution in [3.63, 3.8) is 0 Å². The Bertz CT molecular complexity index is 6.00. The van der Waals surface area contributed by atoms with E-state index < -0.39 is 0 Å². The predicted octanol–water partition coefficient (Wildman–Crippen LogP) is -1.57. The van der Waals surface area contributed by atoms with Crippen molar-refractivity contribution in [1.29, 1.82) is 0 Å². The molecule has 0 saturated heterocycles. The fourth-order valence-electron chi connectivity index (χ4n) is 0. The van der Waals surface area contributed by atoms with Crippen molar-refractivity contribution in [3.8, 4) is 0 Å². The SMILES string of the molecule is C=C.[SeH2].[SiH4]. The second-order valence-electron chi connectivity index (χ2n) is 0. The molecule has 0 aromatic rings. The molecule has 0 amide bonds. The molecule has 0 aliphatic carbocycles. The molecule has 0 unspecified atom stereocenters. The van der Waals surface area contributed by atoms with Gasteiger partial charge in [-0.05, 0) is 11.0 Å². The van der Waals surface area contributed by atoms with Gasteiger partial charge in [-0.15, -0.1) is 13.2 Å². The number of hydrogen-bond donors (Lipinski definition) is 0. The normalized spacial score (nSPS) is 1.00. The molecule has 0 fully saturated rings. The molecule has 0 N–H and O–H groups in total. The molecule has 0 aliphatic rings. The maximum Gasteiger partial charge on any atom is -0.0149 e. The molecule has 0 rings (SSSR count). The van der Waals surface area contributed by atoms with Crippen LogP contribution in [0.15, 0.2) is 13.2 Å². The van der Waals surface area contributed by atoms with Crippen LogP contribution in [0.3, 0.4) is 0 Å². The van der Waals surface area contributed by atoms with Crippen molar-refractivity contribution in [3.05, 3.63) is 13.2 Å². The fourth-order valence-corrected chi connectivity index (χ4v) is 0. The van der Waals surface area contributed by atoms with E-state index in [0.29, 0.717) is 0 Å². The summed E-state index contributed by atoms with van der Waals surface area (Å²) in [6.45, 7) is 6.00. The van der Waals surface area contributed by atoms with E-state index in [9.17, 15) is 0 Å². The van der Waals surface area contributed by atoms with Crippen LogP contribution in [0.25, 0.3) is 0 Å². The summed E-state index contributed by atoms with van der Waals surface area (Å²) in [5.41, 5.74) is 0. The van der Waals surface area contributed by atoms with Gasteiger partial charge in [0.2, 0.25) is 0 Å². The number of hydrogen-bond acceptors (Lipinski definition) is 0. The zero-order chi connectivity index (χ0) is 2.00. The molecule has 4 heavy (non-hydrogen) atoms. The van der Waals surface area contributed by atoms with Gasteiger partial charge in [0.1, 0.15) is 0 Å². The molecular formula is C2H10SeSi. The average Bonchev–Trinajstić information content (AvgIpc) is 1.00. The molecule has 0 heterocycles. The Kier molecular flexibility index (Phi) is 583. The molecule has 0 nitrogen and oxygen atoms in total. The van der Waals surface area contributed by atoms with E-state index in [-0.39, 0.29) is 28.0 Å². The van der Waals surface area contributed by atoms with Crippen LogP contribution in [0.2, 0.25) is 0 Å².